The lowest BCUT2D eigenvalue weighted by atomic mass is 10.2. The molecule has 2 aromatic rings. The lowest BCUT2D eigenvalue weighted by molar-refractivity contribution is 0.452. The summed E-state index contributed by atoms with van der Waals surface area (Å²) in [6.07, 6.45) is 6.40. The van der Waals surface area contributed by atoms with E-state index in [9.17, 15) is 0 Å². The van der Waals surface area contributed by atoms with Gasteiger partial charge in [-0.15, -0.1) is 11.8 Å². The molecule has 3 rings (SSSR count). The van der Waals surface area contributed by atoms with E-state index in [2.05, 4.69) is 34.8 Å². The monoisotopic (exact) mass is 286 g/mol. The average Bonchev–Trinajstić information content (AvgIpc) is 3.31. The van der Waals surface area contributed by atoms with Gasteiger partial charge in [-0.2, -0.15) is 0 Å². The third-order valence-electron chi connectivity index (χ3n) is 3.28. The molecule has 0 aliphatic heterocycles. The number of hydrogen-bond acceptors (Lipinski definition) is 4. The second kappa shape index (κ2) is 6.29. The molecule has 1 fully saturated rings. The summed E-state index contributed by atoms with van der Waals surface area (Å²) < 4.78 is 5.90. The first-order valence-corrected chi connectivity index (χ1v) is 8.07. The highest BCUT2D eigenvalue weighted by Gasteiger charge is 2.20. The predicted octanol–water partition coefficient (Wildman–Crippen LogP) is 3.85. The van der Waals surface area contributed by atoms with Crippen LogP contribution < -0.4 is 10.1 Å². The molecule has 0 saturated heterocycles. The van der Waals surface area contributed by atoms with Gasteiger partial charge in [0.25, 0.3) is 0 Å². The molecule has 1 N–H and O–H groups in total. The summed E-state index contributed by atoms with van der Waals surface area (Å²) in [6, 6.07) is 12.8. The van der Waals surface area contributed by atoms with Crippen molar-refractivity contribution < 1.29 is 4.74 Å². The highest BCUT2D eigenvalue weighted by molar-refractivity contribution is 7.98. The number of aromatic nitrogens is 1. The van der Waals surface area contributed by atoms with Crippen molar-refractivity contribution in [2.75, 3.05) is 6.26 Å². The summed E-state index contributed by atoms with van der Waals surface area (Å²) in [5.74, 6) is 1.52. The number of ether oxygens (including phenoxy) is 1. The van der Waals surface area contributed by atoms with Crippen molar-refractivity contribution in [3.8, 4) is 11.6 Å². The molecule has 0 amide bonds. The minimum Gasteiger partial charge on any atom is -0.439 e. The van der Waals surface area contributed by atoms with E-state index in [1.165, 1.54) is 17.7 Å². The SMILES string of the molecule is CSc1ccc(Oc2ncccc2CNC2CC2)cc1. The maximum Gasteiger partial charge on any atom is 0.223 e. The van der Waals surface area contributed by atoms with E-state index in [4.69, 9.17) is 4.74 Å². The number of hydrogen-bond donors (Lipinski definition) is 1. The molecule has 1 aliphatic carbocycles. The number of thioether (sulfide) groups is 1. The fraction of sp³-hybridized carbons (Fsp3) is 0.312. The Morgan fingerprint density at radius 3 is 2.75 bits per heavy atom. The van der Waals surface area contributed by atoms with E-state index in [1.54, 1.807) is 18.0 Å². The minimum absolute atomic E-state index is 0.684. The highest BCUT2D eigenvalue weighted by atomic mass is 32.2. The van der Waals surface area contributed by atoms with Crippen LogP contribution in [0.15, 0.2) is 47.5 Å². The molecular formula is C16H18N2OS. The Balaban J connectivity index is 1.71. The van der Waals surface area contributed by atoms with Crippen LogP contribution in [-0.2, 0) is 6.54 Å². The first-order chi connectivity index (χ1) is 9.85. The normalized spacial score (nSPS) is 14.2. The van der Waals surface area contributed by atoms with Gasteiger partial charge in [0.05, 0.1) is 0 Å². The molecule has 1 aliphatic rings. The van der Waals surface area contributed by atoms with E-state index in [1.807, 2.05) is 18.2 Å². The molecule has 1 heterocycles. The quantitative estimate of drug-likeness (QED) is 0.818. The van der Waals surface area contributed by atoms with Crippen LogP contribution in [0.1, 0.15) is 18.4 Å². The lowest BCUT2D eigenvalue weighted by Gasteiger charge is -2.10. The van der Waals surface area contributed by atoms with Crippen molar-refractivity contribution in [2.45, 2.75) is 30.3 Å². The maximum atomic E-state index is 5.90. The molecule has 0 bridgehead atoms. The third kappa shape index (κ3) is 3.52. The van der Waals surface area contributed by atoms with Crippen LogP contribution in [0, 0.1) is 0 Å². The van der Waals surface area contributed by atoms with Gasteiger partial charge in [0.1, 0.15) is 5.75 Å². The van der Waals surface area contributed by atoms with Crippen LogP contribution in [0.3, 0.4) is 0 Å². The molecule has 3 nitrogen and oxygen atoms in total. The van der Waals surface area contributed by atoms with Crippen molar-refractivity contribution in [2.24, 2.45) is 0 Å². The number of benzene rings is 1. The standard InChI is InChI=1S/C16H18N2OS/c1-20-15-8-6-14(7-9-15)19-16-12(3-2-10-17-16)11-18-13-4-5-13/h2-3,6-10,13,18H,4-5,11H2,1H3. The minimum atomic E-state index is 0.684. The zero-order valence-electron chi connectivity index (χ0n) is 11.5. The number of nitrogens with one attached hydrogen (secondary N) is 1. The Kier molecular flexibility index (Phi) is 4.23. The Labute approximate surface area is 123 Å². The van der Waals surface area contributed by atoms with E-state index in [-0.39, 0.29) is 0 Å². The van der Waals surface area contributed by atoms with Crippen molar-refractivity contribution in [3.63, 3.8) is 0 Å². The zero-order valence-corrected chi connectivity index (χ0v) is 12.3. The third-order valence-corrected chi connectivity index (χ3v) is 4.03. The predicted molar refractivity (Wildman–Crippen MR) is 82.4 cm³/mol. The first kappa shape index (κ1) is 13.5. The summed E-state index contributed by atoms with van der Waals surface area (Å²) in [6.45, 7) is 0.816. The zero-order chi connectivity index (χ0) is 13.8. The van der Waals surface area contributed by atoms with Gasteiger partial charge in [-0.05, 0) is 49.4 Å². The Morgan fingerprint density at radius 1 is 1.25 bits per heavy atom. The Morgan fingerprint density at radius 2 is 2.05 bits per heavy atom. The van der Waals surface area contributed by atoms with Crippen LogP contribution in [0.2, 0.25) is 0 Å². The van der Waals surface area contributed by atoms with Gasteiger partial charge in [-0.1, -0.05) is 6.07 Å². The average molecular weight is 286 g/mol. The van der Waals surface area contributed by atoms with Crippen molar-refractivity contribution in [1.29, 1.82) is 0 Å². The molecule has 1 aromatic heterocycles. The maximum absolute atomic E-state index is 5.90. The second-order valence-electron chi connectivity index (χ2n) is 4.90. The second-order valence-corrected chi connectivity index (χ2v) is 5.78. The van der Waals surface area contributed by atoms with Crippen molar-refractivity contribution in [3.05, 3.63) is 48.2 Å². The van der Waals surface area contributed by atoms with Crippen LogP contribution in [0.5, 0.6) is 11.6 Å². The molecule has 4 heteroatoms. The van der Waals surface area contributed by atoms with Crippen molar-refractivity contribution >= 4 is 11.8 Å². The van der Waals surface area contributed by atoms with Gasteiger partial charge in [0.15, 0.2) is 0 Å². The van der Waals surface area contributed by atoms with Crippen LogP contribution in [0.25, 0.3) is 0 Å². The summed E-state index contributed by atoms with van der Waals surface area (Å²) in [5.41, 5.74) is 1.10. The molecule has 20 heavy (non-hydrogen) atoms. The van der Waals surface area contributed by atoms with E-state index in [0.29, 0.717) is 11.9 Å². The Hall–Kier alpha value is -1.52. The summed E-state index contributed by atoms with van der Waals surface area (Å²) in [7, 11) is 0. The smallest absolute Gasteiger partial charge is 0.223 e. The van der Waals surface area contributed by atoms with Gasteiger partial charge >= 0.3 is 0 Å². The van der Waals surface area contributed by atoms with Gasteiger partial charge in [-0.3, -0.25) is 0 Å². The van der Waals surface area contributed by atoms with Crippen molar-refractivity contribution in [1.82, 2.24) is 10.3 Å². The van der Waals surface area contributed by atoms with E-state index in [0.717, 1.165) is 17.9 Å². The molecule has 0 spiro atoms. The van der Waals surface area contributed by atoms with Crippen LogP contribution >= 0.6 is 11.8 Å². The molecule has 1 saturated carbocycles. The summed E-state index contributed by atoms with van der Waals surface area (Å²) in [4.78, 5) is 5.58. The number of nitrogens with zero attached hydrogens (tertiary/aromatic N) is 1. The van der Waals surface area contributed by atoms with Gasteiger partial charge in [0, 0.05) is 29.2 Å². The summed E-state index contributed by atoms with van der Waals surface area (Å²) in [5, 5.41) is 3.49. The fourth-order valence-corrected chi connectivity index (χ4v) is 2.36. The summed E-state index contributed by atoms with van der Waals surface area (Å²) >= 11 is 1.72. The van der Waals surface area contributed by atoms with Crippen LogP contribution in [0.4, 0.5) is 0 Å². The van der Waals surface area contributed by atoms with Gasteiger partial charge in [0.2, 0.25) is 5.88 Å². The number of pyridine rings is 1. The molecule has 0 unspecified atom stereocenters. The molecule has 1 aromatic carbocycles. The molecular weight excluding hydrogens is 268 g/mol. The molecule has 0 radical (unpaired) electrons. The van der Waals surface area contributed by atoms with E-state index >= 15 is 0 Å². The number of rotatable bonds is 6. The highest BCUT2D eigenvalue weighted by Crippen LogP contribution is 2.26. The molecule has 0 atom stereocenters. The Bertz CT molecular complexity index is 567. The van der Waals surface area contributed by atoms with Crippen LogP contribution in [-0.4, -0.2) is 17.3 Å². The molecule has 104 valence electrons. The van der Waals surface area contributed by atoms with Gasteiger partial charge in [-0.25, -0.2) is 4.98 Å². The van der Waals surface area contributed by atoms with E-state index < -0.39 is 0 Å². The fourth-order valence-electron chi connectivity index (χ4n) is 1.95. The first-order valence-electron chi connectivity index (χ1n) is 6.84. The van der Waals surface area contributed by atoms with Gasteiger partial charge < -0.3 is 10.1 Å². The topological polar surface area (TPSA) is 34.1 Å². The largest absolute Gasteiger partial charge is 0.439 e. The lowest BCUT2D eigenvalue weighted by Crippen LogP contribution is -2.16.